The summed E-state index contributed by atoms with van der Waals surface area (Å²) in [5.41, 5.74) is 1.64. The van der Waals surface area contributed by atoms with Gasteiger partial charge in [0.25, 0.3) is 0 Å². The third-order valence-electron chi connectivity index (χ3n) is 3.04. The third-order valence-corrected chi connectivity index (χ3v) is 3.04. The van der Waals surface area contributed by atoms with Gasteiger partial charge in [-0.3, -0.25) is 4.79 Å². The molecule has 4 nitrogen and oxygen atoms in total. The van der Waals surface area contributed by atoms with Crippen LogP contribution >= 0.6 is 0 Å². The van der Waals surface area contributed by atoms with E-state index in [2.05, 4.69) is 10.1 Å². The van der Waals surface area contributed by atoms with Crippen LogP contribution in [0.5, 0.6) is 0 Å². The molecule has 2 rings (SSSR count). The predicted molar refractivity (Wildman–Crippen MR) is 67.2 cm³/mol. The number of rotatable bonds is 5. The number of benzene rings is 1. The molecule has 0 aliphatic heterocycles. The minimum Gasteiger partial charge on any atom is -0.465 e. The van der Waals surface area contributed by atoms with Gasteiger partial charge in [0.05, 0.1) is 12.7 Å². The van der Waals surface area contributed by atoms with Crippen LogP contribution in [0.2, 0.25) is 0 Å². The van der Waals surface area contributed by atoms with E-state index in [1.807, 2.05) is 12.1 Å². The van der Waals surface area contributed by atoms with Gasteiger partial charge in [-0.2, -0.15) is 0 Å². The monoisotopic (exact) mass is 247 g/mol. The van der Waals surface area contributed by atoms with Crippen molar-refractivity contribution in [1.29, 1.82) is 0 Å². The van der Waals surface area contributed by atoms with Crippen LogP contribution in [0.25, 0.3) is 0 Å². The summed E-state index contributed by atoms with van der Waals surface area (Å²) in [6.45, 7) is 0.646. The van der Waals surface area contributed by atoms with Gasteiger partial charge < -0.3 is 10.1 Å². The molecule has 1 aromatic rings. The van der Waals surface area contributed by atoms with E-state index in [9.17, 15) is 9.59 Å². The number of amides is 1. The Morgan fingerprint density at radius 3 is 2.50 bits per heavy atom. The Hall–Kier alpha value is -1.84. The number of ether oxygens (including phenoxy) is 1. The van der Waals surface area contributed by atoms with Crippen molar-refractivity contribution >= 4 is 11.9 Å². The molecular formula is C14H17NO3. The number of carbonyl (C=O) groups is 2. The lowest BCUT2D eigenvalue weighted by Crippen LogP contribution is -2.26. The molecule has 1 aromatic carbocycles. The number of nitrogens with one attached hydrogen (secondary N) is 1. The van der Waals surface area contributed by atoms with E-state index in [-0.39, 0.29) is 17.8 Å². The van der Waals surface area contributed by atoms with E-state index in [4.69, 9.17) is 0 Å². The lowest BCUT2D eigenvalue weighted by atomic mass is 10.1. The van der Waals surface area contributed by atoms with Gasteiger partial charge >= 0.3 is 5.97 Å². The molecule has 0 radical (unpaired) electrons. The average molecular weight is 247 g/mol. The molecule has 0 saturated heterocycles. The molecule has 0 spiro atoms. The van der Waals surface area contributed by atoms with Crippen LogP contribution in [0.15, 0.2) is 24.3 Å². The Morgan fingerprint density at radius 1 is 1.28 bits per heavy atom. The quantitative estimate of drug-likeness (QED) is 0.803. The smallest absolute Gasteiger partial charge is 0.337 e. The first-order chi connectivity index (χ1) is 8.70. The summed E-state index contributed by atoms with van der Waals surface area (Å²) in [6.07, 6.45) is 2.83. The van der Waals surface area contributed by atoms with Crippen molar-refractivity contribution in [3.05, 3.63) is 35.4 Å². The highest BCUT2D eigenvalue weighted by Crippen LogP contribution is 2.28. The molecular weight excluding hydrogens is 230 g/mol. The van der Waals surface area contributed by atoms with Crippen molar-refractivity contribution in [3.8, 4) is 0 Å². The van der Waals surface area contributed by atoms with E-state index in [1.54, 1.807) is 12.1 Å². The van der Waals surface area contributed by atoms with Crippen molar-refractivity contribution in [2.45, 2.75) is 19.3 Å². The number of methoxy groups -OCH3 is 1. The summed E-state index contributed by atoms with van der Waals surface area (Å²) in [7, 11) is 1.36. The van der Waals surface area contributed by atoms with E-state index in [1.165, 1.54) is 7.11 Å². The zero-order valence-electron chi connectivity index (χ0n) is 10.4. The first-order valence-electron chi connectivity index (χ1n) is 6.15. The molecule has 0 atom stereocenters. The van der Waals surface area contributed by atoms with Gasteiger partial charge in [-0.05, 0) is 37.0 Å². The Balaban J connectivity index is 1.78. The van der Waals surface area contributed by atoms with Crippen molar-refractivity contribution in [2.75, 3.05) is 13.7 Å². The average Bonchev–Trinajstić information content (AvgIpc) is 3.23. The van der Waals surface area contributed by atoms with E-state index in [0.29, 0.717) is 12.1 Å². The highest BCUT2D eigenvalue weighted by Gasteiger charge is 2.28. The Morgan fingerprint density at radius 2 is 1.94 bits per heavy atom. The Labute approximate surface area is 106 Å². The van der Waals surface area contributed by atoms with E-state index in [0.717, 1.165) is 24.8 Å². The molecule has 1 saturated carbocycles. The van der Waals surface area contributed by atoms with Crippen LogP contribution in [0.4, 0.5) is 0 Å². The van der Waals surface area contributed by atoms with Crippen molar-refractivity contribution in [2.24, 2.45) is 5.92 Å². The molecule has 0 heterocycles. The third kappa shape index (κ3) is 3.32. The standard InChI is InChI=1S/C14H17NO3/c1-18-14(17)12-4-2-10(3-5-12)8-9-15-13(16)11-6-7-11/h2-5,11H,6-9H2,1H3,(H,15,16). The SMILES string of the molecule is COC(=O)c1ccc(CCNC(=O)C2CC2)cc1. The second-order valence-electron chi connectivity index (χ2n) is 4.50. The molecule has 1 N–H and O–H groups in total. The maximum absolute atomic E-state index is 11.4. The number of carbonyl (C=O) groups excluding carboxylic acids is 2. The van der Waals surface area contributed by atoms with Crippen molar-refractivity contribution in [3.63, 3.8) is 0 Å². The lowest BCUT2D eigenvalue weighted by Gasteiger charge is -2.05. The van der Waals surface area contributed by atoms with E-state index < -0.39 is 0 Å². The van der Waals surface area contributed by atoms with Gasteiger partial charge in [-0.1, -0.05) is 12.1 Å². The van der Waals surface area contributed by atoms with Crippen LogP contribution in [0, 0.1) is 5.92 Å². The number of hydrogen-bond donors (Lipinski definition) is 1. The van der Waals surface area contributed by atoms with E-state index >= 15 is 0 Å². The zero-order valence-corrected chi connectivity index (χ0v) is 10.4. The maximum Gasteiger partial charge on any atom is 0.337 e. The molecule has 0 bridgehead atoms. The fourth-order valence-electron chi connectivity index (χ4n) is 1.75. The summed E-state index contributed by atoms with van der Waals surface area (Å²) >= 11 is 0. The Bertz CT molecular complexity index is 435. The van der Waals surface area contributed by atoms with Crippen LogP contribution in [-0.2, 0) is 16.0 Å². The van der Waals surface area contributed by atoms with Gasteiger partial charge in [0.15, 0.2) is 0 Å². The normalized spacial score (nSPS) is 14.1. The Kier molecular flexibility index (Phi) is 3.97. The van der Waals surface area contributed by atoms with Gasteiger partial charge in [-0.25, -0.2) is 4.79 Å². The molecule has 4 heteroatoms. The molecule has 18 heavy (non-hydrogen) atoms. The highest BCUT2D eigenvalue weighted by atomic mass is 16.5. The lowest BCUT2D eigenvalue weighted by molar-refractivity contribution is -0.122. The van der Waals surface area contributed by atoms with Gasteiger partial charge in [0, 0.05) is 12.5 Å². The number of esters is 1. The minimum absolute atomic E-state index is 0.168. The first-order valence-corrected chi connectivity index (χ1v) is 6.15. The summed E-state index contributed by atoms with van der Waals surface area (Å²) in [4.78, 5) is 22.6. The second kappa shape index (κ2) is 5.67. The summed E-state index contributed by atoms with van der Waals surface area (Å²) in [5, 5.41) is 2.91. The van der Waals surface area contributed by atoms with Crippen molar-refractivity contribution in [1.82, 2.24) is 5.32 Å². The molecule has 1 fully saturated rings. The number of hydrogen-bond acceptors (Lipinski definition) is 3. The molecule has 96 valence electrons. The topological polar surface area (TPSA) is 55.4 Å². The summed E-state index contributed by atoms with van der Waals surface area (Å²) in [5.74, 6) is 0.0940. The fraction of sp³-hybridized carbons (Fsp3) is 0.429. The van der Waals surface area contributed by atoms with Gasteiger partial charge in [0.1, 0.15) is 0 Å². The molecule has 1 aliphatic carbocycles. The second-order valence-corrected chi connectivity index (χ2v) is 4.50. The predicted octanol–water partition coefficient (Wildman–Crippen LogP) is 1.54. The van der Waals surface area contributed by atoms with Gasteiger partial charge in [0.2, 0.25) is 5.91 Å². The fourth-order valence-corrected chi connectivity index (χ4v) is 1.75. The summed E-state index contributed by atoms with van der Waals surface area (Å²) < 4.78 is 4.63. The van der Waals surface area contributed by atoms with Crippen LogP contribution in [-0.4, -0.2) is 25.5 Å². The largest absolute Gasteiger partial charge is 0.465 e. The molecule has 0 unspecified atom stereocenters. The maximum atomic E-state index is 11.4. The molecule has 1 aliphatic rings. The zero-order chi connectivity index (χ0) is 13.0. The van der Waals surface area contributed by atoms with Crippen LogP contribution in [0.1, 0.15) is 28.8 Å². The first kappa shape index (κ1) is 12.6. The van der Waals surface area contributed by atoms with Crippen LogP contribution < -0.4 is 5.32 Å². The minimum atomic E-state index is -0.330. The van der Waals surface area contributed by atoms with Crippen molar-refractivity contribution < 1.29 is 14.3 Å². The summed E-state index contributed by atoms with van der Waals surface area (Å²) in [6, 6.07) is 7.25. The highest BCUT2D eigenvalue weighted by molar-refractivity contribution is 5.89. The van der Waals surface area contributed by atoms with Gasteiger partial charge in [-0.15, -0.1) is 0 Å². The molecule has 1 amide bonds. The van der Waals surface area contributed by atoms with Crippen LogP contribution in [0.3, 0.4) is 0 Å². The molecule has 0 aromatic heterocycles.